The number of aromatic nitrogens is 1. The number of rotatable bonds is 8. The van der Waals surface area contributed by atoms with Crippen LogP contribution in [0.2, 0.25) is 0 Å². The fourth-order valence-electron chi connectivity index (χ4n) is 6.72. The molecule has 0 fully saturated rings. The molecule has 51 heavy (non-hydrogen) atoms. The number of sulfone groups is 1. The zero-order valence-corrected chi connectivity index (χ0v) is 30.1. The first-order valence-electron chi connectivity index (χ1n) is 17.2. The molecule has 0 unspecified atom stereocenters. The second-order valence-electron chi connectivity index (χ2n) is 14.2. The number of aryl methyl sites for hydroxylation is 1. The van der Waals surface area contributed by atoms with Crippen molar-refractivity contribution in [3.05, 3.63) is 192 Å². The van der Waals surface area contributed by atoms with Crippen LogP contribution in [0.5, 0.6) is 0 Å². The Kier molecular flexibility index (Phi) is 8.88. The first-order valence-corrected chi connectivity index (χ1v) is 18.6. The second-order valence-corrected chi connectivity index (χ2v) is 16.1. The van der Waals surface area contributed by atoms with Gasteiger partial charge in [-0.3, -0.25) is 0 Å². The van der Waals surface area contributed by atoms with E-state index >= 15 is 0 Å². The SMILES string of the molecule is Cc1ccc(S(=O)(=O)C(=CC(C)(C)C)c2c(C(O)(c3ccc(-c4ccccc4)cc3)c3ccc(-c4ccccc4)cc3)[nH]c3ccccc23)cc1. The molecule has 0 amide bonds. The lowest BCUT2D eigenvalue weighted by Gasteiger charge is -2.31. The molecule has 254 valence electrons. The Balaban J connectivity index is 1.52. The summed E-state index contributed by atoms with van der Waals surface area (Å²) in [5.74, 6) is 0. The van der Waals surface area contributed by atoms with Crippen LogP contribution in [0.3, 0.4) is 0 Å². The van der Waals surface area contributed by atoms with E-state index in [9.17, 15) is 13.5 Å². The van der Waals surface area contributed by atoms with Crippen molar-refractivity contribution < 1.29 is 13.5 Å². The van der Waals surface area contributed by atoms with Gasteiger partial charge in [-0.1, -0.05) is 172 Å². The number of fused-ring (bicyclic) bond motifs is 1. The van der Waals surface area contributed by atoms with Crippen LogP contribution in [0.1, 0.15) is 48.7 Å². The van der Waals surface area contributed by atoms with Crippen LogP contribution in [0.25, 0.3) is 38.1 Å². The summed E-state index contributed by atoms with van der Waals surface area (Å²) in [6.07, 6.45) is 1.82. The van der Waals surface area contributed by atoms with Gasteiger partial charge in [-0.25, -0.2) is 8.42 Å². The van der Waals surface area contributed by atoms with Crippen LogP contribution in [-0.4, -0.2) is 18.5 Å². The fraction of sp³-hybridized carbons (Fsp3) is 0.130. The molecular formula is C46H41NO3S. The van der Waals surface area contributed by atoms with E-state index in [0.29, 0.717) is 27.8 Å². The molecule has 0 aliphatic heterocycles. The zero-order valence-electron chi connectivity index (χ0n) is 29.3. The number of allylic oxidation sites excluding steroid dienone is 1. The second kappa shape index (κ2) is 13.3. The number of H-pyrrole nitrogens is 1. The predicted molar refractivity (Wildman–Crippen MR) is 210 cm³/mol. The van der Waals surface area contributed by atoms with Gasteiger partial charge in [0.25, 0.3) is 0 Å². The van der Waals surface area contributed by atoms with E-state index < -0.39 is 20.9 Å². The highest BCUT2D eigenvalue weighted by Crippen LogP contribution is 2.46. The summed E-state index contributed by atoms with van der Waals surface area (Å²) in [4.78, 5) is 3.88. The summed E-state index contributed by atoms with van der Waals surface area (Å²) in [6, 6.07) is 50.6. The van der Waals surface area contributed by atoms with Crippen molar-refractivity contribution in [2.45, 2.75) is 38.2 Å². The van der Waals surface area contributed by atoms with E-state index in [-0.39, 0.29) is 9.80 Å². The molecule has 7 rings (SSSR count). The first kappa shape index (κ1) is 34.0. The lowest BCUT2D eigenvalue weighted by atomic mass is 9.80. The van der Waals surface area contributed by atoms with Crippen molar-refractivity contribution in [3.8, 4) is 22.3 Å². The van der Waals surface area contributed by atoms with Gasteiger partial charge >= 0.3 is 0 Å². The molecule has 0 radical (unpaired) electrons. The number of benzene rings is 6. The Bertz CT molecular complexity index is 2350. The first-order chi connectivity index (χ1) is 24.4. The minimum atomic E-state index is -4.07. The summed E-state index contributed by atoms with van der Waals surface area (Å²) < 4.78 is 29.7. The Hall–Kier alpha value is -5.49. The van der Waals surface area contributed by atoms with Gasteiger partial charge in [-0.15, -0.1) is 0 Å². The van der Waals surface area contributed by atoms with E-state index in [1.807, 2.05) is 155 Å². The quantitative estimate of drug-likeness (QED) is 0.167. The molecule has 7 aromatic rings. The normalized spacial score (nSPS) is 12.7. The summed E-state index contributed by atoms with van der Waals surface area (Å²) >= 11 is 0. The van der Waals surface area contributed by atoms with Crippen LogP contribution < -0.4 is 0 Å². The third-order valence-corrected chi connectivity index (χ3v) is 11.1. The summed E-state index contributed by atoms with van der Waals surface area (Å²) in [7, 11) is -4.07. The van der Waals surface area contributed by atoms with E-state index in [0.717, 1.165) is 33.3 Å². The third kappa shape index (κ3) is 6.59. The average molecular weight is 688 g/mol. The van der Waals surface area contributed by atoms with Gasteiger partial charge in [-0.05, 0) is 63.9 Å². The number of hydrogen-bond acceptors (Lipinski definition) is 3. The monoisotopic (exact) mass is 687 g/mol. The van der Waals surface area contributed by atoms with Crippen molar-refractivity contribution in [2.75, 3.05) is 0 Å². The number of aliphatic hydroxyl groups is 1. The largest absolute Gasteiger partial charge is 0.375 e. The highest BCUT2D eigenvalue weighted by molar-refractivity contribution is 8.00. The molecule has 0 saturated carbocycles. The Morgan fingerprint density at radius 2 is 1.04 bits per heavy atom. The zero-order chi connectivity index (χ0) is 35.8. The van der Waals surface area contributed by atoms with Crippen LogP contribution in [0, 0.1) is 12.3 Å². The predicted octanol–water partition coefficient (Wildman–Crippen LogP) is 11.0. The van der Waals surface area contributed by atoms with E-state index in [2.05, 4.69) is 29.2 Å². The van der Waals surface area contributed by atoms with Gasteiger partial charge in [0, 0.05) is 16.5 Å². The highest BCUT2D eigenvalue weighted by atomic mass is 32.2. The molecule has 5 heteroatoms. The van der Waals surface area contributed by atoms with E-state index in [1.54, 1.807) is 12.1 Å². The van der Waals surface area contributed by atoms with Crippen molar-refractivity contribution in [1.82, 2.24) is 4.98 Å². The van der Waals surface area contributed by atoms with Crippen LogP contribution in [0.4, 0.5) is 0 Å². The minimum absolute atomic E-state index is 0.145. The van der Waals surface area contributed by atoms with E-state index in [1.165, 1.54) is 0 Å². The summed E-state index contributed by atoms with van der Waals surface area (Å²) in [5.41, 5.74) is 5.57. The molecule has 0 saturated heterocycles. The van der Waals surface area contributed by atoms with Gasteiger partial charge in [0.05, 0.1) is 15.5 Å². The number of para-hydroxylation sites is 1. The maximum absolute atomic E-state index is 14.9. The van der Waals surface area contributed by atoms with Gasteiger partial charge < -0.3 is 10.1 Å². The van der Waals surface area contributed by atoms with Gasteiger partial charge in [0.2, 0.25) is 9.84 Å². The number of aromatic amines is 1. The molecule has 0 bridgehead atoms. The molecule has 2 N–H and O–H groups in total. The van der Waals surface area contributed by atoms with E-state index in [4.69, 9.17) is 0 Å². The standard InChI is InChI=1S/C46H41NO3S/c1-32-19-29-39(30-20-32)51(49,50)42(31-45(2,3)4)43-40-17-11-12-18-41(40)47-44(43)46(48,37-25-21-35(22-26-37)33-13-7-5-8-14-33)38-27-23-36(24-28-38)34-15-9-6-10-16-34/h5-31,47-48H,1-4H3. The topological polar surface area (TPSA) is 70.2 Å². The lowest BCUT2D eigenvalue weighted by Crippen LogP contribution is -2.31. The van der Waals surface area contributed by atoms with Gasteiger partial charge in [0.15, 0.2) is 5.60 Å². The lowest BCUT2D eigenvalue weighted by molar-refractivity contribution is 0.121. The van der Waals surface area contributed by atoms with Crippen molar-refractivity contribution in [1.29, 1.82) is 0 Å². The molecule has 0 aliphatic carbocycles. The average Bonchev–Trinajstić information content (AvgIpc) is 3.54. The maximum atomic E-state index is 14.9. The molecule has 4 nitrogen and oxygen atoms in total. The molecule has 6 aromatic carbocycles. The third-order valence-electron chi connectivity index (χ3n) is 9.32. The molecule has 1 heterocycles. The molecule has 0 aliphatic rings. The van der Waals surface area contributed by atoms with Gasteiger partial charge in [0.1, 0.15) is 0 Å². The van der Waals surface area contributed by atoms with Crippen LogP contribution >= 0.6 is 0 Å². The van der Waals surface area contributed by atoms with Gasteiger partial charge in [-0.2, -0.15) is 0 Å². The Labute approximate surface area is 300 Å². The maximum Gasteiger partial charge on any atom is 0.206 e. The highest BCUT2D eigenvalue weighted by Gasteiger charge is 2.41. The molecule has 0 spiro atoms. The van der Waals surface area contributed by atoms with Crippen LogP contribution in [-0.2, 0) is 15.4 Å². The van der Waals surface area contributed by atoms with Crippen molar-refractivity contribution in [2.24, 2.45) is 5.41 Å². The Morgan fingerprint density at radius 1 is 0.588 bits per heavy atom. The van der Waals surface area contributed by atoms with Crippen molar-refractivity contribution in [3.63, 3.8) is 0 Å². The molecular weight excluding hydrogens is 647 g/mol. The minimum Gasteiger partial charge on any atom is -0.375 e. The van der Waals surface area contributed by atoms with Crippen molar-refractivity contribution >= 4 is 25.6 Å². The smallest absolute Gasteiger partial charge is 0.206 e. The summed E-state index contributed by atoms with van der Waals surface area (Å²) in [6.45, 7) is 7.90. The molecule has 0 atom stereocenters. The number of hydrogen-bond donors (Lipinski definition) is 2. The van der Waals surface area contributed by atoms with Crippen LogP contribution in [0.15, 0.2) is 169 Å². The summed E-state index contributed by atoms with van der Waals surface area (Å²) in [5, 5.41) is 14.2. The Morgan fingerprint density at radius 3 is 1.53 bits per heavy atom. The number of nitrogens with one attached hydrogen (secondary N) is 1. The molecule has 1 aromatic heterocycles. The fourth-order valence-corrected chi connectivity index (χ4v) is 8.45.